The van der Waals surface area contributed by atoms with Crippen molar-refractivity contribution in [3.05, 3.63) is 46.2 Å². The molecule has 0 radical (unpaired) electrons. The summed E-state index contributed by atoms with van der Waals surface area (Å²) < 4.78 is 39.3. The highest BCUT2D eigenvalue weighted by molar-refractivity contribution is 5.87. The Kier molecular flexibility index (Phi) is 3.05. The number of aromatic nitrogens is 1. The lowest BCUT2D eigenvalue weighted by molar-refractivity contribution is -0.136. The summed E-state index contributed by atoms with van der Waals surface area (Å²) in [5.41, 5.74) is 0.724. The van der Waals surface area contributed by atoms with Crippen molar-refractivity contribution in [1.82, 2.24) is 4.68 Å². The number of hydrogen-bond acceptors (Lipinski definition) is 2. The Morgan fingerprint density at radius 2 is 1.89 bits per heavy atom. The molecule has 19 heavy (non-hydrogen) atoms. The van der Waals surface area contributed by atoms with E-state index in [1.807, 2.05) is 0 Å². The topological polar surface area (TPSA) is 51.1 Å². The van der Waals surface area contributed by atoms with E-state index in [4.69, 9.17) is 0 Å². The molecule has 0 atom stereocenters. The van der Waals surface area contributed by atoms with Gasteiger partial charge in [0, 0.05) is 18.4 Å². The van der Waals surface area contributed by atoms with Crippen LogP contribution in [-0.2, 0) is 11.0 Å². The van der Waals surface area contributed by atoms with Crippen LogP contribution in [0.1, 0.15) is 12.5 Å². The zero-order valence-electron chi connectivity index (χ0n) is 9.78. The number of halogens is 3. The number of carbonyl (C=O) groups excluding carboxylic acids is 1. The van der Waals surface area contributed by atoms with E-state index in [9.17, 15) is 22.8 Å². The summed E-state index contributed by atoms with van der Waals surface area (Å²) in [6.45, 7) is 1.17. The second-order valence-corrected chi connectivity index (χ2v) is 3.91. The average molecular weight is 270 g/mol. The van der Waals surface area contributed by atoms with E-state index in [1.165, 1.54) is 19.1 Å². The minimum absolute atomic E-state index is 0.00229. The maximum atomic E-state index is 12.8. The third kappa shape index (κ3) is 2.44. The maximum absolute atomic E-state index is 12.8. The predicted octanol–water partition coefficient (Wildman–Crippen LogP) is 2.11. The van der Waals surface area contributed by atoms with E-state index in [2.05, 4.69) is 5.43 Å². The van der Waals surface area contributed by atoms with Crippen LogP contribution < -0.4 is 11.0 Å². The van der Waals surface area contributed by atoms with Gasteiger partial charge in [-0.05, 0) is 18.2 Å². The first-order valence-electron chi connectivity index (χ1n) is 5.30. The van der Waals surface area contributed by atoms with Gasteiger partial charge in [0.05, 0.1) is 11.1 Å². The van der Waals surface area contributed by atoms with Crippen molar-refractivity contribution in [3.63, 3.8) is 0 Å². The van der Waals surface area contributed by atoms with Crippen LogP contribution in [0.2, 0.25) is 0 Å². The van der Waals surface area contributed by atoms with Crippen LogP contribution in [-0.4, -0.2) is 10.6 Å². The fourth-order valence-electron chi connectivity index (χ4n) is 1.79. The molecule has 0 aliphatic heterocycles. The molecule has 0 saturated heterocycles. The smallest absolute Gasteiger partial charge is 0.274 e. The Morgan fingerprint density at radius 1 is 1.21 bits per heavy atom. The number of benzene rings is 1. The van der Waals surface area contributed by atoms with Crippen molar-refractivity contribution in [2.75, 3.05) is 5.43 Å². The lowest BCUT2D eigenvalue weighted by Gasteiger charge is -2.14. The molecule has 1 heterocycles. The summed E-state index contributed by atoms with van der Waals surface area (Å²) in [4.78, 5) is 22.6. The van der Waals surface area contributed by atoms with Crippen molar-refractivity contribution >= 4 is 16.8 Å². The minimum Gasteiger partial charge on any atom is -0.274 e. The second-order valence-electron chi connectivity index (χ2n) is 3.91. The number of nitrogens with one attached hydrogen (secondary N) is 1. The first-order valence-corrected chi connectivity index (χ1v) is 5.30. The summed E-state index contributed by atoms with van der Waals surface area (Å²) in [6.07, 6.45) is -4.53. The largest absolute Gasteiger partial charge is 0.417 e. The van der Waals surface area contributed by atoms with Crippen LogP contribution in [0, 0.1) is 0 Å². The summed E-state index contributed by atoms with van der Waals surface area (Å²) in [5.74, 6) is -0.549. The van der Waals surface area contributed by atoms with Gasteiger partial charge in [0.15, 0.2) is 0 Å². The van der Waals surface area contributed by atoms with Crippen LogP contribution in [0.5, 0.6) is 0 Å². The van der Waals surface area contributed by atoms with Gasteiger partial charge in [0.1, 0.15) is 0 Å². The minimum atomic E-state index is -4.53. The summed E-state index contributed by atoms with van der Waals surface area (Å²) in [6, 6.07) is 5.52. The van der Waals surface area contributed by atoms with Gasteiger partial charge in [0.2, 0.25) is 5.91 Å². The molecule has 0 unspecified atom stereocenters. The fraction of sp³-hybridized carbons (Fsp3) is 0.167. The molecule has 0 bridgehead atoms. The lowest BCUT2D eigenvalue weighted by atomic mass is 10.1. The van der Waals surface area contributed by atoms with Gasteiger partial charge in [-0.25, -0.2) is 4.68 Å². The number of rotatable bonds is 1. The zero-order chi connectivity index (χ0) is 14.2. The molecule has 0 fully saturated rings. The number of carbonyl (C=O) groups is 1. The van der Waals surface area contributed by atoms with Crippen LogP contribution >= 0.6 is 0 Å². The SMILES string of the molecule is CC(=O)Nn1c(=O)ccc2c(C(F)(F)F)cccc21. The molecule has 7 heteroatoms. The van der Waals surface area contributed by atoms with Crippen molar-refractivity contribution in [2.24, 2.45) is 0 Å². The summed E-state index contributed by atoms with van der Waals surface area (Å²) >= 11 is 0. The van der Waals surface area contributed by atoms with Crippen molar-refractivity contribution in [3.8, 4) is 0 Å². The predicted molar refractivity (Wildman–Crippen MR) is 63.3 cm³/mol. The van der Waals surface area contributed by atoms with E-state index < -0.39 is 23.2 Å². The number of hydrogen-bond donors (Lipinski definition) is 1. The Labute approximate surface area is 105 Å². The first-order chi connectivity index (χ1) is 8.80. The highest BCUT2D eigenvalue weighted by Gasteiger charge is 2.32. The number of pyridine rings is 1. The van der Waals surface area contributed by atoms with E-state index >= 15 is 0 Å². The normalized spacial score (nSPS) is 11.6. The molecule has 1 N–H and O–H groups in total. The third-order valence-corrected chi connectivity index (χ3v) is 2.51. The number of alkyl halides is 3. The molecule has 0 aliphatic carbocycles. The van der Waals surface area contributed by atoms with Crippen molar-refractivity contribution < 1.29 is 18.0 Å². The number of amides is 1. The first kappa shape index (κ1) is 13.1. The molecule has 100 valence electrons. The Balaban J connectivity index is 2.81. The van der Waals surface area contributed by atoms with Gasteiger partial charge in [-0.15, -0.1) is 0 Å². The molecule has 1 aromatic carbocycles. The molecular weight excluding hydrogens is 261 g/mol. The van der Waals surface area contributed by atoms with E-state index in [0.717, 1.165) is 22.9 Å². The van der Waals surface area contributed by atoms with Crippen LogP contribution in [0.15, 0.2) is 35.1 Å². The van der Waals surface area contributed by atoms with Gasteiger partial charge in [-0.1, -0.05) is 6.07 Å². The highest BCUT2D eigenvalue weighted by atomic mass is 19.4. The molecule has 2 aromatic rings. The third-order valence-electron chi connectivity index (χ3n) is 2.51. The van der Waals surface area contributed by atoms with Gasteiger partial charge in [0.25, 0.3) is 5.56 Å². The molecule has 1 aromatic heterocycles. The van der Waals surface area contributed by atoms with Crippen molar-refractivity contribution in [1.29, 1.82) is 0 Å². The van der Waals surface area contributed by atoms with Gasteiger partial charge in [-0.3, -0.25) is 15.0 Å². The van der Waals surface area contributed by atoms with E-state index in [0.29, 0.717) is 0 Å². The van der Waals surface area contributed by atoms with Crippen LogP contribution in [0.4, 0.5) is 13.2 Å². The van der Waals surface area contributed by atoms with Gasteiger partial charge < -0.3 is 0 Å². The second kappa shape index (κ2) is 4.42. The summed E-state index contributed by atoms with van der Waals surface area (Å²) in [7, 11) is 0. The molecule has 0 spiro atoms. The molecular formula is C12H9F3N2O2. The maximum Gasteiger partial charge on any atom is 0.417 e. The van der Waals surface area contributed by atoms with Crippen LogP contribution in [0.25, 0.3) is 10.9 Å². The Hall–Kier alpha value is -2.31. The van der Waals surface area contributed by atoms with Gasteiger partial charge in [-0.2, -0.15) is 13.2 Å². The number of nitrogens with zero attached hydrogens (tertiary/aromatic N) is 1. The van der Waals surface area contributed by atoms with Gasteiger partial charge >= 0.3 is 6.18 Å². The lowest BCUT2D eigenvalue weighted by Crippen LogP contribution is -2.31. The molecule has 0 aliphatic rings. The van der Waals surface area contributed by atoms with E-state index in [1.54, 1.807) is 0 Å². The Morgan fingerprint density at radius 3 is 2.47 bits per heavy atom. The number of fused-ring (bicyclic) bond motifs is 1. The zero-order valence-corrected chi connectivity index (χ0v) is 9.78. The van der Waals surface area contributed by atoms with E-state index in [-0.39, 0.29) is 10.9 Å². The fourth-order valence-corrected chi connectivity index (χ4v) is 1.79. The average Bonchev–Trinajstić information content (AvgIpc) is 2.30. The monoisotopic (exact) mass is 270 g/mol. The quantitative estimate of drug-likeness (QED) is 0.862. The molecule has 0 saturated carbocycles. The van der Waals surface area contributed by atoms with Crippen molar-refractivity contribution in [2.45, 2.75) is 13.1 Å². The molecule has 2 rings (SSSR count). The summed E-state index contributed by atoms with van der Waals surface area (Å²) in [5, 5.41) is -0.150. The Bertz CT molecular complexity index is 704. The molecule has 4 nitrogen and oxygen atoms in total. The molecule has 1 amide bonds. The van der Waals surface area contributed by atoms with Crippen LogP contribution in [0.3, 0.4) is 0 Å². The highest BCUT2D eigenvalue weighted by Crippen LogP contribution is 2.33. The standard InChI is InChI=1S/C12H9F3N2O2/c1-7(18)16-17-10-4-2-3-9(12(13,14)15)8(10)5-6-11(17)19/h2-6H,1H3,(H,16,18).